The highest BCUT2D eigenvalue weighted by Gasteiger charge is 2.08. The van der Waals surface area contributed by atoms with Gasteiger partial charge in [-0.3, -0.25) is 0 Å². The molecule has 0 aliphatic carbocycles. The van der Waals surface area contributed by atoms with Crippen LogP contribution in [-0.2, 0) is 4.74 Å². The van der Waals surface area contributed by atoms with Gasteiger partial charge < -0.3 is 9.64 Å². The van der Waals surface area contributed by atoms with Crippen molar-refractivity contribution < 1.29 is 9.53 Å². The first-order valence-electron chi connectivity index (χ1n) is 4.35. The van der Waals surface area contributed by atoms with Gasteiger partial charge in [0, 0.05) is 7.05 Å². The number of ether oxygens (including phenoxy) is 1. The van der Waals surface area contributed by atoms with Crippen LogP contribution in [-0.4, -0.2) is 31.2 Å². The van der Waals surface area contributed by atoms with Crippen LogP contribution in [0.2, 0.25) is 0 Å². The molecule has 0 saturated carbocycles. The maximum Gasteiger partial charge on any atom is 0.410 e. The zero-order chi connectivity index (χ0) is 10.3. The van der Waals surface area contributed by atoms with Crippen molar-refractivity contribution >= 4 is 6.09 Å². The molecule has 0 spiro atoms. The third-order valence-corrected chi connectivity index (χ3v) is 1.34. The smallest absolute Gasteiger partial charge is 0.410 e. The minimum atomic E-state index is -0.309. The molecule has 13 heavy (non-hydrogen) atoms. The van der Waals surface area contributed by atoms with E-state index in [9.17, 15) is 4.79 Å². The van der Waals surface area contributed by atoms with E-state index < -0.39 is 0 Å². The Kier molecular flexibility index (Phi) is 5.79. The molecule has 0 heterocycles. The molecule has 0 aromatic carbocycles. The highest BCUT2D eigenvalue weighted by atomic mass is 16.6. The predicted octanol–water partition coefficient (Wildman–Crippen LogP) is 1.73. The van der Waals surface area contributed by atoms with Crippen LogP contribution in [0.4, 0.5) is 4.79 Å². The van der Waals surface area contributed by atoms with E-state index in [4.69, 9.17) is 4.74 Å². The lowest BCUT2D eigenvalue weighted by Crippen LogP contribution is -2.28. The topological polar surface area (TPSA) is 29.5 Å². The van der Waals surface area contributed by atoms with Gasteiger partial charge in [0.2, 0.25) is 0 Å². The van der Waals surface area contributed by atoms with Gasteiger partial charge in [-0.2, -0.15) is 0 Å². The van der Waals surface area contributed by atoms with Crippen LogP contribution in [0.5, 0.6) is 0 Å². The van der Waals surface area contributed by atoms with Crippen molar-refractivity contribution in [1.82, 2.24) is 4.90 Å². The fourth-order valence-electron chi connectivity index (χ4n) is 0.610. The van der Waals surface area contributed by atoms with Gasteiger partial charge in [-0.15, -0.1) is 5.92 Å². The van der Waals surface area contributed by atoms with Gasteiger partial charge in [0.1, 0.15) is 0 Å². The zero-order valence-electron chi connectivity index (χ0n) is 8.76. The van der Waals surface area contributed by atoms with Gasteiger partial charge in [-0.25, -0.2) is 4.79 Å². The maximum absolute atomic E-state index is 11.2. The third kappa shape index (κ3) is 6.03. The van der Waals surface area contributed by atoms with Crippen LogP contribution in [0.3, 0.4) is 0 Å². The summed E-state index contributed by atoms with van der Waals surface area (Å²) in [7, 11) is 1.67. The van der Waals surface area contributed by atoms with E-state index in [0.29, 0.717) is 19.1 Å². The Labute approximate surface area is 80.1 Å². The second-order valence-corrected chi connectivity index (χ2v) is 3.25. The molecule has 1 amide bonds. The molecule has 0 fully saturated rings. The standard InChI is InChI=1S/C10H17NO2/c1-5-6-7-11(4)10(12)13-8-9(2)3/h9H,7-8H2,1-4H3. The van der Waals surface area contributed by atoms with Gasteiger partial charge >= 0.3 is 6.09 Å². The number of nitrogens with zero attached hydrogens (tertiary/aromatic N) is 1. The van der Waals surface area contributed by atoms with Gasteiger partial charge in [-0.05, 0) is 12.8 Å². The highest BCUT2D eigenvalue weighted by molar-refractivity contribution is 5.67. The van der Waals surface area contributed by atoms with E-state index in [1.165, 1.54) is 4.90 Å². The Hall–Kier alpha value is -1.17. The average molecular weight is 183 g/mol. The molecule has 0 rings (SSSR count). The normalized spacial score (nSPS) is 9.00. The Morgan fingerprint density at radius 2 is 2.15 bits per heavy atom. The second-order valence-electron chi connectivity index (χ2n) is 3.25. The fourth-order valence-corrected chi connectivity index (χ4v) is 0.610. The van der Waals surface area contributed by atoms with Crippen molar-refractivity contribution in [1.29, 1.82) is 0 Å². The van der Waals surface area contributed by atoms with Crippen molar-refractivity contribution in [2.24, 2.45) is 5.92 Å². The van der Waals surface area contributed by atoms with Gasteiger partial charge in [0.05, 0.1) is 13.2 Å². The number of hydrogen-bond donors (Lipinski definition) is 0. The number of carbonyl (C=O) groups excluding carboxylic acids is 1. The van der Waals surface area contributed by atoms with Crippen molar-refractivity contribution in [3.05, 3.63) is 0 Å². The van der Waals surface area contributed by atoms with E-state index in [-0.39, 0.29) is 6.09 Å². The van der Waals surface area contributed by atoms with Crippen LogP contribution in [0.25, 0.3) is 0 Å². The SMILES string of the molecule is CC#CCN(C)C(=O)OCC(C)C. The lowest BCUT2D eigenvalue weighted by atomic mass is 10.2. The first-order chi connectivity index (χ1) is 6.07. The van der Waals surface area contributed by atoms with Crippen molar-refractivity contribution in [2.45, 2.75) is 20.8 Å². The van der Waals surface area contributed by atoms with Crippen molar-refractivity contribution in [3.8, 4) is 11.8 Å². The molecular weight excluding hydrogens is 166 g/mol. The molecule has 0 aliphatic rings. The summed E-state index contributed by atoms with van der Waals surface area (Å²) in [6.07, 6.45) is -0.309. The summed E-state index contributed by atoms with van der Waals surface area (Å²) in [4.78, 5) is 12.6. The predicted molar refractivity (Wildman–Crippen MR) is 52.3 cm³/mol. The molecule has 74 valence electrons. The van der Waals surface area contributed by atoms with Crippen LogP contribution in [0.1, 0.15) is 20.8 Å². The Morgan fingerprint density at radius 3 is 2.62 bits per heavy atom. The summed E-state index contributed by atoms with van der Waals surface area (Å²) in [5.74, 6) is 5.88. The summed E-state index contributed by atoms with van der Waals surface area (Å²) in [5.41, 5.74) is 0. The molecule has 0 aromatic rings. The number of hydrogen-bond acceptors (Lipinski definition) is 2. The molecule has 3 nitrogen and oxygen atoms in total. The van der Waals surface area contributed by atoms with Crippen LogP contribution in [0.15, 0.2) is 0 Å². The van der Waals surface area contributed by atoms with Gasteiger partial charge in [0.15, 0.2) is 0 Å². The summed E-state index contributed by atoms with van der Waals surface area (Å²) in [5, 5.41) is 0. The Bertz CT molecular complexity index is 213. The van der Waals surface area contributed by atoms with E-state index in [1.807, 2.05) is 13.8 Å². The molecule has 3 heteroatoms. The summed E-state index contributed by atoms with van der Waals surface area (Å²) in [6, 6.07) is 0. The Morgan fingerprint density at radius 1 is 1.54 bits per heavy atom. The van der Waals surface area contributed by atoms with E-state index in [2.05, 4.69) is 11.8 Å². The first-order valence-corrected chi connectivity index (χ1v) is 4.35. The highest BCUT2D eigenvalue weighted by Crippen LogP contribution is 1.96. The van der Waals surface area contributed by atoms with Crippen molar-refractivity contribution in [2.75, 3.05) is 20.2 Å². The quantitative estimate of drug-likeness (QED) is 0.624. The number of rotatable bonds is 3. The van der Waals surface area contributed by atoms with Crippen LogP contribution in [0, 0.1) is 17.8 Å². The molecule has 0 unspecified atom stereocenters. The summed E-state index contributed by atoms with van der Waals surface area (Å²) < 4.78 is 4.98. The fraction of sp³-hybridized carbons (Fsp3) is 0.700. The molecular formula is C10H17NO2. The minimum absolute atomic E-state index is 0.309. The third-order valence-electron chi connectivity index (χ3n) is 1.34. The van der Waals surface area contributed by atoms with E-state index in [0.717, 1.165) is 0 Å². The van der Waals surface area contributed by atoms with E-state index >= 15 is 0 Å². The lowest BCUT2D eigenvalue weighted by Gasteiger charge is -2.14. The molecule has 0 radical (unpaired) electrons. The molecule has 0 bridgehead atoms. The molecule has 0 atom stereocenters. The monoisotopic (exact) mass is 183 g/mol. The van der Waals surface area contributed by atoms with Crippen molar-refractivity contribution in [3.63, 3.8) is 0 Å². The zero-order valence-corrected chi connectivity index (χ0v) is 8.76. The second kappa shape index (κ2) is 6.36. The Balaban J connectivity index is 3.73. The molecule has 0 aromatic heterocycles. The molecule has 0 saturated heterocycles. The van der Waals surface area contributed by atoms with Gasteiger partial charge in [-0.1, -0.05) is 19.8 Å². The summed E-state index contributed by atoms with van der Waals surface area (Å²) >= 11 is 0. The largest absolute Gasteiger partial charge is 0.449 e. The molecule has 0 N–H and O–H groups in total. The lowest BCUT2D eigenvalue weighted by molar-refractivity contribution is 0.104. The number of carbonyl (C=O) groups is 1. The van der Waals surface area contributed by atoms with Gasteiger partial charge in [0.25, 0.3) is 0 Å². The first kappa shape index (κ1) is 11.8. The average Bonchev–Trinajstić information content (AvgIpc) is 2.10. The maximum atomic E-state index is 11.2. The van der Waals surface area contributed by atoms with Crippen LogP contribution < -0.4 is 0 Å². The summed E-state index contributed by atoms with van der Waals surface area (Å²) in [6.45, 7) is 6.63. The minimum Gasteiger partial charge on any atom is -0.449 e. The van der Waals surface area contributed by atoms with E-state index in [1.54, 1.807) is 14.0 Å². The number of amides is 1. The molecule has 0 aliphatic heterocycles. The van der Waals surface area contributed by atoms with Crippen LogP contribution >= 0.6 is 0 Å².